The van der Waals surface area contributed by atoms with Gasteiger partial charge in [0.1, 0.15) is 6.61 Å². The van der Waals surface area contributed by atoms with Crippen molar-refractivity contribution in [2.24, 2.45) is 0 Å². The van der Waals surface area contributed by atoms with E-state index in [9.17, 15) is 14.7 Å². The van der Waals surface area contributed by atoms with Crippen molar-refractivity contribution in [3.05, 3.63) is 62.9 Å². The Morgan fingerprint density at radius 2 is 2.00 bits per heavy atom. The molecule has 29 heavy (non-hydrogen) atoms. The highest BCUT2D eigenvalue weighted by molar-refractivity contribution is 5.89. The molecule has 3 aromatic rings. The van der Waals surface area contributed by atoms with E-state index in [-0.39, 0.29) is 18.6 Å². The zero-order valence-corrected chi connectivity index (χ0v) is 16.5. The van der Waals surface area contributed by atoms with Gasteiger partial charge in [-0.2, -0.15) is 0 Å². The molecular formula is C23H22N2O4. The summed E-state index contributed by atoms with van der Waals surface area (Å²) in [4.78, 5) is 30.4. The van der Waals surface area contributed by atoms with Gasteiger partial charge in [-0.05, 0) is 30.5 Å². The van der Waals surface area contributed by atoms with Crippen LogP contribution in [0.15, 0.2) is 35.1 Å². The first-order chi connectivity index (χ1) is 14.0. The summed E-state index contributed by atoms with van der Waals surface area (Å²) in [6, 6.07) is 9.79. The monoisotopic (exact) mass is 390 g/mol. The summed E-state index contributed by atoms with van der Waals surface area (Å²) in [6.45, 7) is 4.19. The van der Waals surface area contributed by atoms with Gasteiger partial charge in [0.15, 0.2) is 5.60 Å². The van der Waals surface area contributed by atoms with Crippen LogP contribution in [0.3, 0.4) is 0 Å². The summed E-state index contributed by atoms with van der Waals surface area (Å²) in [5.41, 5.74) is 3.27. The van der Waals surface area contributed by atoms with Crippen molar-refractivity contribution in [3.8, 4) is 11.4 Å². The number of hydrogen-bond acceptors (Lipinski definition) is 5. The lowest BCUT2D eigenvalue weighted by molar-refractivity contribution is -0.172. The number of esters is 1. The fraction of sp³-hybridized carbons (Fsp3) is 0.348. The van der Waals surface area contributed by atoms with Crippen molar-refractivity contribution < 1.29 is 14.6 Å². The minimum atomic E-state index is -1.80. The van der Waals surface area contributed by atoms with E-state index in [1.807, 2.05) is 18.2 Å². The van der Waals surface area contributed by atoms with Crippen LogP contribution in [0.4, 0.5) is 0 Å². The third-order valence-electron chi connectivity index (χ3n) is 6.21. The lowest BCUT2D eigenvalue weighted by atomic mass is 9.86. The van der Waals surface area contributed by atoms with E-state index in [0.717, 1.165) is 35.0 Å². The highest BCUT2D eigenvalue weighted by Crippen LogP contribution is 2.40. The number of pyridine rings is 2. The molecule has 0 saturated heterocycles. The molecule has 148 valence electrons. The van der Waals surface area contributed by atoms with Crippen LogP contribution in [0.25, 0.3) is 22.3 Å². The van der Waals surface area contributed by atoms with E-state index in [4.69, 9.17) is 9.72 Å². The maximum Gasteiger partial charge on any atom is 0.343 e. The average Bonchev–Trinajstić information content (AvgIpc) is 3.10. The minimum absolute atomic E-state index is 0.108. The number of benzene rings is 1. The molecule has 2 aromatic heterocycles. The molecular weight excluding hydrogens is 368 g/mol. The number of hydrogen-bond donors (Lipinski definition) is 1. The highest BCUT2D eigenvalue weighted by Gasteiger charge is 2.45. The number of cyclic esters (lactones) is 1. The van der Waals surface area contributed by atoms with Gasteiger partial charge in [0, 0.05) is 16.5 Å². The summed E-state index contributed by atoms with van der Waals surface area (Å²) in [5.74, 6) is -0.701. The number of ether oxygens (including phenoxy) is 1. The van der Waals surface area contributed by atoms with E-state index in [1.165, 1.54) is 5.56 Å². The lowest BCUT2D eigenvalue weighted by Crippen LogP contribution is -2.44. The SMILES string of the molecule is CCCc1c2c(nc3ccccc13)-c1cc3c(c(=O)n1C2)COC(=O)C3(O)CC. The molecule has 1 unspecified atom stereocenters. The van der Waals surface area contributed by atoms with Gasteiger partial charge < -0.3 is 14.4 Å². The molecule has 1 atom stereocenters. The van der Waals surface area contributed by atoms with E-state index in [2.05, 4.69) is 13.0 Å². The standard InChI is InChI=1S/C23H22N2O4/c1-3-7-13-14-8-5-6-9-18(14)24-20-15(13)11-25-19(20)10-17-16(21(25)26)12-29-22(27)23(17,28)4-2/h5-6,8-10,28H,3-4,7,11-12H2,1-2H3. The molecule has 4 heterocycles. The predicted molar refractivity (Wildman–Crippen MR) is 109 cm³/mol. The second kappa shape index (κ2) is 6.26. The molecule has 0 amide bonds. The van der Waals surface area contributed by atoms with Crippen molar-refractivity contribution in [1.82, 2.24) is 9.55 Å². The Morgan fingerprint density at radius 3 is 2.76 bits per heavy atom. The zero-order chi connectivity index (χ0) is 20.3. The van der Waals surface area contributed by atoms with Gasteiger partial charge in [-0.1, -0.05) is 38.5 Å². The molecule has 0 radical (unpaired) electrons. The van der Waals surface area contributed by atoms with Crippen LogP contribution in [0.2, 0.25) is 0 Å². The molecule has 5 rings (SSSR count). The van der Waals surface area contributed by atoms with Crippen LogP contribution in [0, 0.1) is 0 Å². The van der Waals surface area contributed by atoms with Gasteiger partial charge in [0.2, 0.25) is 0 Å². The zero-order valence-electron chi connectivity index (χ0n) is 16.5. The Balaban J connectivity index is 1.83. The number of carbonyl (C=O) groups excluding carboxylic acids is 1. The first-order valence-electron chi connectivity index (χ1n) is 10.1. The summed E-state index contributed by atoms with van der Waals surface area (Å²) >= 11 is 0. The molecule has 0 fully saturated rings. The summed E-state index contributed by atoms with van der Waals surface area (Å²) in [6.07, 6.45) is 2.02. The fourth-order valence-electron chi connectivity index (χ4n) is 4.65. The maximum absolute atomic E-state index is 13.3. The number of rotatable bonds is 3. The van der Waals surface area contributed by atoms with Gasteiger partial charge in [0.05, 0.1) is 29.0 Å². The minimum Gasteiger partial charge on any atom is -0.458 e. The van der Waals surface area contributed by atoms with E-state index in [1.54, 1.807) is 17.6 Å². The van der Waals surface area contributed by atoms with Gasteiger partial charge in [0.25, 0.3) is 5.56 Å². The first kappa shape index (κ1) is 18.1. The predicted octanol–water partition coefficient (Wildman–Crippen LogP) is 3.03. The Morgan fingerprint density at radius 1 is 1.21 bits per heavy atom. The third kappa shape index (κ3) is 2.35. The summed E-state index contributed by atoms with van der Waals surface area (Å²) < 4.78 is 6.83. The lowest BCUT2D eigenvalue weighted by Gasteiger charge is -2.31. The van der Waals surface area contributed by atoms with Crippen molar-refractivity contribution in [2.45, 2.75) is 51.9 Å². The van der Waals surface area contributed by atoms with Crippen LogP contribution in [0.5, 0.6) is 0 Å². The molecule has 1 aromatic carbocycles. The molecule has 0 spiro atoms. The Bertz CT molecular complexity index is 1240. The number of carbonyl (C=O) groups is 1. The first-order valence-corrected chi connectivity index (χ1v) is 10.1. The number of aromatic nitrogens is 2. The molecule has 0 saturated carbocycles. The van der Waals surface area contributed by atoms with Crippen LogP contribution in [0.1, 0.15) is 48.9 Å². The van der Waals surface area contributed by atoms with E-state index < -0.39 is 11.6 Å². The van der Waals surface area contributed by atoms with Crippen molar-refractivity contribution in [1.29, 1.82) is 0 Å². The van der Waals surface area contributed by atoms with E-state index >= 15 is 0 Å². The Hall–Kier alpha value is -2.99. The fourth-order valence-corrected chi connectivity index (χ4v) is 4.65. The number of aryl methyl sites for hydroxylation is 1. The molecule has 0 aliphatic carbocycles. The smallest absolute Gasteiger partial charge is 0.343 e. The van der Waals surface area contributed by atoms with Crippen molar-refractivity contribution in [2.75, 3.05) is 0 Å². The van der Waals surface area contributed by atoms with Gasteiger partial charge in [-0.3, -0.25) is 4.79 Å². The van der Waals surface area contributed by atoms with Gasteiger partial charge in [-0.25, -0.2) is 9.78 Å². The quantitative estimate of drug-likeness (QED) is 0.544. The number of aliphatic hydroxyl groups is 1. The van der Waals surface area contributed by atoms with Crippen LogP contribution >= 0.6 is 0 Å². The molecule has 0 bridgehead atoms. The molecule has 2 aliphatic rings. The molecule has 2 aliphatic heterocycles. The largest absolute Gasteiger partial charge is 0.458 e. The summed E-state index contributed by atoms with van der Waals surface area (Å²) in [7, 11) is 0. The van der Waals surface area contributed by atoms with Crippen molar-refractivity contribution in [3.63, 3.8) is 0 Å². The van der Waals surface area contributed by atoms with E-state index in [0.29, 0.717) is 23.4 Å². The second-order valence-electron chi connectivity index (χ2n) is 7.79. The molecule has 6 heteroatoms. The topological polar surface area (TPSA) is 81.4 Å². The Labute approximate surface area is 167 Å². The van der Waals surface area contributed by atoms with Crippen LogP contribution in [-0.4, -0.2) is 20.6 Å². The highest BCUT2D eigenvalue weighted by atomic mass is 16.6. The normalized spacial score (nSPS) is 19.6. The average molecular weight is 390 g/mol. The molecule has 1 N–H and O–H groups in total. The summed E-state index contributed by atoms with van der Waals surface area (Å²) in [5, 5.41) is 12.1. The Kier molecular flexibility index (Phi) is 3.90. The van der Waals surface area contributed by atoms with Crippen molar-refractivity contribution >= 4 is 16.9 Å². The third-order valence-corrected chi connectivity index (χ3v) is 6.21. The molecule has 6 nitrogen and oxygen atoms in total. The second-order valence-corrected chi connectivity index (χ2v) is 7.79. The van der Waals surface area contributed by atoms with Gasteiger partial charge in [-0.15, -0.1) is 0 Å². The number of fused-ring (bicyclic) bond motifs is 5. The maximum atomic E-state index is 13.3. The van der Waals surface area contributed by atoms with Crippen LogP contribution < -0.4 is 5.56 Å². The number of nitrogens with zero attached hydrogens (tertiary/aromatic N) is 2. The number of para-hydroxylation sites is 1. The van der Waals surface area contributed by atoms with Crippen LogP contribution in [-0.2, 0) is 34.7 Å². The van der Waals surface area contributed by atoms with Gasteiger partial charge >= 0.3 is 5.97 Å².